The number of anilines is 2. The predicted molar refractivity (Wildman–Crippen MR) is 201 cm³/mol. The topological polar surface area (TPSA) is 148 Å². The van der Waals surface area contributed by atoms with Crippen molar-refractivity contribution >= 4 is 49.9 Å². The number of nitrogens with zero attached hydrogens (tertiary/aromatic N) is 1. The first-order valence-corrected chi connectivity index (χ1v) is 18.1. The van der Waals surface area contributed by atoms with Crippen molar-refractivity contribution < 1.29 is 27.5 Å². The van der Waals surface area contributed by atoms with Crippen molar-refractivity contribution in [3.63, 3.8) is 0 Å². The van der Waals surface area contributed by atoms with Crippen molar-refractivity contribution in [3.05, 3.63) is 113 Å². The van der Waals surface area contributed by atoms with Crippen LogP contribution in [0.15, 0.2) is 96.6 Å². The normalized spacial score (nSPS) is 17.0. The van der Waals surface area contributed by atoms with Crippen LogP contribution in [0.3, 0.4) is 0 Å². The number of esters is 1. The highest BCUT2D eigenvalue weighted by Gasteiger charge is 2.42. The Morgan fingerprint density at radius 1 is 0.941 bits per heavy atom. The van der Waals surface area contributed by atoms with Crippen LogP contribution in [0.25, 0.3) is 5.57 Å². The van der Waals surface area contributed by atoms with E-state index < -0.39 is 39.7 Å². The molecule has 4 N–H and O–H groups in total. The van der Waals surface area contributed by atoms with Crippen LogP contribution in [0.1, 0.15) is 64.2 Å². The maximum atomic E-state index is 14.3. The molecule has 0 saturated heterocycles. The molecule has 5 rings (SSSR count). The zero-order chi connectivity index (χ0) is 36.9. The molecule has 0 aromatic heterocycles. The summed E-state index contributed by atoms with van der Waals surface area (Å²) in [6.45, 7) is 9.35. The molecule has 11 heteroatoms. The lowest BCUT2D eigenvalue weighted by Gasteiger charge is -2.31. The molecule has 0 bridgehead atoms. The molecule has 0 saturated carbocycles. The van der Waals surface area contributed by atoms with Gasteiger partial charge in [-0.3, -0.25) is 14.4 Å². The first-order valence-electron chi connectivity index (χ1n) is 17.0. The number of carbonyl (C=O) groups excluding carboxylic acids is 3. The molecular formula is C40H46N4O6S. The number of allylic oxidation sites excluding steroid dienone is 3. The van der Waals surface area contributed by atoms with Crippen LogP contribution in [0.4, 0.5) is 11.4 Å². The highest BCUT2D eigenvalue weighted by Crippen LogP contribution is 2.34. The highest BCUT2D eigenvalue weighted by molar-refractivity contribution is 7.74. The summed E-state index contributed by atoms with van der Waals surface area (Å²) in [5.41, 5.74) is 10.0. The minimum atomic E-state index is -2.53. The summed E-state index contributed by atoms with van der Waals surface area (Å²) in [6.07, 6.45) is 4.58. The summed E-state index contributed by atoms with van der Waals surface area (Å²) in [5.74, 6) is -1.64. The Balaban J connectivity index is 1.37. The second kappa shape index (κ2) is 15.5. The molecule has 1 aliphatic carbocycles. The third-order valence-corrected chi connectivity index (χ3v) is 9.89. The zero-order valence-corrected chi connectivity index (χ0v) is 30.5. The average Bonchev–Trinajstić information content (AvgIpc) is 3.22. The van der Waals surface area contributed by atoms with Crippen LogP contribution in [0, 0.1) is 5.41 Å². The van der Waals surface area contributed by atoms with Gasteiger partial charge in [0, 0.05) is 41.0 Å². The van der Waals surface area contributed by atoms with Crippen LogP contribution in [-0.4, -0.2) is 55.2 Å². The summed E-state index contributed by atoms with van der Waals surface area (Å²) < 4.78 is 30.8. The first-order chi connectivity index (χ1) is 24.2. The van der Waals surface area contributed by atoms with Crippen molar-refractivity contribution in [2.45, 2.75) is 78.1 Å². The Morgan fingerprint density at radius 2 is 1.61 bits per heavy atom. The maximum absolute atomic E-state index is 14.3. The monoisotopic (exact) mass is 710 g/mol. The number of hydrogen-bond donors (Lipinski definition) is 3. The van der Waals surface area contributed by atoms with Crippen molar-refractivity contribution in [2.24, 2.45) is 11.1 Å². The number of ether oxygens (including phenoxy) is 1. The van der Waals surface area contributed by atoms with Gasteiger partial charge < -0.3 is 26.0 Å². The molecule has 3 aromatic carbocycles. The molecule has 268 valence electrons. The highest BCUT2D eigenvalue weighted by atomic mass is 32.2. The second-order valence-corrected chi connectivity index (χ2v) is 15.5. The number of para-hydroxylation sites is 2. The third kappa shape index (κ3) is 8.84. The van der Waals surface area contributed by atoms with Gasteiger partial charge in [-0.2, -0.15) is 8.42 Å². The van der Waals surface area contributed by atoms with Gasteiger partial charge in [0.2, 0.25) is 22.1 Å². The molecule has 51 heavy (non-hydrogen) atoms. The molecule has 3 aromatic rings. The van der Waals surface area contributed by atoms with Gasteiger partial charge in [-0.1, -0.05) is 78.9 Å². The zero-order valence-electron chi connectivity index (χ0n) is 29.7. The van der Waals surface area contributed by atoms with Gasteiger partial charge in [0.25, 0.3) is 0 Å². The third-order valence-electron chi connectivity index (χ3n) is 9.13. The number of hydrogen-bond acceptors (Lipinski definition) is 8. The quantitative estimate of drug-likeness (QED) is 0.192. The lowest BCUT2D eigenvalue weighted by Crippen LogP contribution is -2.58. The smallest absolute Gasteiger partial charge is 0.313 e. The second-order valence-electron chi connectivity index (χ2n) is 14.6. The largest absolute Gasteiger partial charge is 0.460 e. The number of nitrogens with one attached hydrogen (secondary N) is 2. The minimum absolute atomic E-state index is 0.0394. The standard InChI is InChI=1S/C40H46N4O6S/c1-39(2,3)43-31-17-11-10-16-29(31)30-21-19-27(23-34(30)51(48)49)24-44-33-18-12-9-15-28(33)20-22-32(37(44)46)42-36(45)35(41)40(4,5)38(47)50-25-26-13-7-6-8-14-26/h6-19,21,32,35,43H,20,22-25,41H2,1-5H3,(H,42,45)/t32-,35?/m1/s1. The van der Waals surface area contributed by atoms with Crippen LogP contribution < -0.4 is 21.3 Å². The Hall–Kier alpha value is -5.00. The van der Waals surface area contributed by atoms with Crippen LogP contribution in [0.2, 0.25) is 0 Å². The summed E-state index contributed by atoms with van der Waals surface area (Å²) in [4.78, 5) is 42.7. The SMILES string of the molecule is CC(C)(C)Nc1ccccc1C1=CC=C(CN2C(=O)[C@H](NC(=O)C(N)C(C)(C)C(=O)OCc3ccccc3)CCc3ccccc32)CC1=S(=O)=O. The van der Waals surface area contributed by atoms with E-state index in [2.05, 4.69) is 10.6 Å². The van der Waals surface area contributed by atoms with Gasteiger partial charge in [0.1, 0.15) is 12.6 Å². The van der Waals surface area contributed by atoms with E-state index >= 15 is 0 Å². The van der Waals surface area contributed by atoms with Crippen LogP contribution in [0.5, 0.6) is 0 Å². The summed E-state index contributed by atoms with van der Waals surface area (Å²) >= 11 is 0. The van der Waals surface area contributed by atoms with E-state index in [1.165, 1.54) is 0 Å². The molecule has 1 heterocycles. The lowest BCUT2D eigenvalue weighted by molar-refractivity contribution is -0.158. The van der Waals surface area contributed by atoms with E-state index in [0.717, 1.165) is 22.4 Å². The molecule has 2 atom stereocenters. The van der Waals surface area contributed by atoms with Gasteiger partial charge in [-0.05, 0) is 76.3 Å². The summed E-state index contributed by atoms with van der Waals surface area (Å²) in [7, 11) is -2.53. The molecule has 2 amide bonds. The fourth-order valence-electron chi connectivity index (χ4n) is 6.22. The lowest BCUT2D eigenvalue weighted by atomic mass is 9.84. The minimum Gasteiger partial charge on any atom is -0.460 e. The number of benzene rings is 3. The Kier molecular flexibility index (Phi) is 11.3. The Bertz CT molecular complexity index is 2000. The number of amides is 2. The van der Waals surface area contributed by atoms with Gasteiger partial charge in [0.05, 0.1) is 16.3 Å². The fourth-order valence-corrected chi connectivity index (χ4v) is 6.88. The van der Waals surface area contributed by atoms with Crippen LogP contribution in [-0.2, 0) is 42.4 Å². The number of aryl methyl sites for hydroxylation is 1. The van der Waals surface area contributed by atoms with Gasteiger partial charge >= 0.3 is 5.97 Å². The number of nitrogens with two attached hydrogens (primary N) is 1. The average molecular weight is 711 g/mol. The van der Waals surface area contributed by atoms with Gasteiger partial charge in [-0.15, -0.1) is 0 Å². The number of fused-ring (bicyclic) bond motifs is 1. The van der Waals surface area contributed by atoms with Gasteiger partial charge in [-0.25, -0.2) is 0 Å². The Labute approximate surface area is 301 Å². The molecule has 0 fully saturated rings. The number of rotatable bonds is 10. The first kappa shape index (κ1) is 37.3. The maximum Gasteiger partial charge on any atom is 0.313 e. The van der Waals surface area contributed by atoms with Gasteiger partial charge in [0.15, 0.2) is 0 Å². The molecule has 1 aliphatic heterocycles. The van der Waals surface area contributed by atoms with E-state index in [1.807, 2.05) is 106 Å². The summed E-state index contributed by atoms with van der Waals surface area (Å²) in [5, 5.41) is 6.29. The van der Waals surface area contributed by atoms with Crippen molar-refractivity contribution in [1.29, 1.82) is 0 Å². The van der Waals surface area contributed by atoms with E-state index in [-0.39, 0.29) is 35.9 Å². The number of carbonyl (C=O) groups is 3. The van der Waals surface area contributed by atoms with Crippen molar-refractivity contribution in [2.75, 3.05) is 16.8 Å². The van der Waals surface area contributed by atoms with E-state index in [0.29, 0.717) is 29.7 Å². The van der Waals surface area contributed by atoms with E-state index in [4.69, 9.17) is 10.5 Å². The van der Waals surface area contributed by atoms with Crippen LogP contribution >= 0.6 is 0 Å². The predicted octanol–water partition coefficient (Wildman–Crippen LogP) is 5.22. The summed E-state index contributed by atoms with van der Waals surface area (Å²) in [6, 6.07) is 22.1. The van der Waals surface area contributed by atoms with Crippen molar-refractivity contribution in [1.82, 2.24) is 5.32 Å². The van der Waals surface area contributed by atoms with E-state index in [1.54, 1.807) is 24.8 Å². The fraction of sp³-hybridized carbons (Fsp3) is 0.350. The van der Waals surface area contributed by atoms with E-state index in [9.17, 15) is 22.8 Å². The van der Waals surface area contributed by atoms with Crippen molar-refractivity contribution in [3.8, 4) is 0 Å². The Morgan fingerprint density at radius 3 is 2.31 bits per heavy atom. The molecule has 0 spiro atoms. The molecule has 2 aliphatic rings. The molecule has 0 radical (unpaired) electrons. The molecular weight excluding hydrogens is 665 g/mol. The molecule has 1 unspecified atom stereocenters. The molecule has 10 nitrogen and oxygen atoms in total.